The van der Waals surface area contributed by atoms with Crippen LogP contribution in [0.2, 0.25) is 5.02 Å². The number of alkyl halides is 3. The molecule has 0 aliphatic rings. The first-order valence-corrected chi connectivity index (χ1v) is 8.75. The average Bonchev–Trinajstić information content (AvgIpc) is 3.38. The highest BCUT2D eigenvalue weighted by Crippen LogP contribution is 2.36. The first-order valence-electron chi connectivity index (χ1n) is 8.37. The number of nitrogens with zero attached hydrogens (tertiary/aromatic N) is 7. The predicted molar refractivity (Wildman–Crippen MR) is 99.1 cm³/mol. The molecule has 4 aromatic rings. The summed E-state index contributed by atoms with van der Waals surface area (Å²) < 4.78 is 41.9. The summed E-state index contributed by atoms with van der Waals surface area (Å²) >= 11 is 6.15. The van der Waals surface area contributed by atoms with E-state index in [4.69, 9.17) is 11.6 Å². The third-order valence-electron chi connectivity index (χ3n) is 3.98. The molecule has 4 aromatic heterocycles. The zero-order valence-electron chi connectivity index (χ0n) is 14.9. The molecule has 0 fully saturated rings. The smallest absolute Gasteiger partial charge is 0.369 e. The Labute approximate surface area is 171 Å². The third-order valence-corrected chi connectivity index (χ3v) is 4.26. The van der Waals surface area contributed by atoms with Gasteiger partial charge in [-0.15, -0.1) is 4.80 Å². The van der Waals surface area contributed by atoms with Gasteiger partial charge < -0.3 is 10.4 Å². The molecule has 0 aliphatic heterocycles. The van der Waals surface area contributed by atoms with Crippen molar-refractivity contribution >= 4 is 17.3 Å². The largest absolute Gasteiger partial charge is 0.433 e. The van der Waals surface area contributed by atoms with E-state index in [1.807, 2.05) is 0 Å². The van der Waals surface area contributed by atoms with E-state index >= 15 is 0 Å². The molecule has 0 aliphatic carbocycles. The maximum Gasteiger partial charge on any atom is 0.433 e. The summed E-state index contributed by atoms with van der Waals surface area (Å²) in [4.78, 5) is 9.06. The van der Waals surface area contributed by atoms with Gasteiger partial charge in [-0.1, -0.05) is 11.6 Å². The monoisotopic (exact) mass is 436 g/mol. The van der Waals surface area contributed by atoms with E-state index < -0.39 is 23.7 Å². The second-order valence-corrected chi connectivity index (χ2v) is 6.37. The molecular formula is C17H12ClF3N8O. The Morgan fingerprint density at radius 1 is 1.07 bits per heavy atom. The number of rotatable bonds is 5. The van der Waals surface area contributed by atoms with Crippen molar-refractivity contribution in [2.24, 2.45) is 0 Å². The SMILES string of the molecule is OC(Nc1cnc(-n2nccn2)c(Cl)c1)c1cnn(-c2cccnc2)c1C(F)(F)F. The highest BCUT2D eigenvalue weighted by atomic mass is 35.5. The molecule has 154 valence electrons. The lowest BCUT2D eigenvalue weighted by Crippen LogP contribution is -2.19. The van der Waals surface area contributed by atoms with Crippen LogP contribution in [-0.2, 0) is 6.18 Å². The molecular weight excluding hydrogens is 425 g/mol. The van der Waals surface area contributed by atoms with Crippen LogP contribution in [0.4, 0.5) is 18.9 Å². The Bertz CT molecular complexity index is 1150. The molecule has 0 saturated carbocycles. The van der Waals surface area contributed by atoms with E-state index in [1.54, 1.807) is 0 Å². The van der Waals surface area contributed by atoms with E-state index in [0.717, 1.165) is 6.20 Å². The standard InChI is InChI=1S/C17H12ClF3N8O/c18-13-6-10(7-23-15(13)29-24-4-5-25-29)27-16(30)12-9-26-28(14(12)17(19,20)21)11-2-1-3-22-8-11/h1-9,16,27,30H. The van der Waals surface area contributed by atoms with Crippen molar-refractivity contribution < 1.29 is 18.3 Å². The Hall–Kier alpha value is -3.51. The molecule has 0 spiro atoms. The summed E-state index contributed by atoms with van der Waals surface area (Å²) in [5.41, 5.74) is -1.32. The molecule has 0 aromatic carbocycles. The number of hydrogen-bond acceptors (Lipinski definition) is 7. The highest BCUT2D eigenvalue weighted by Gasteiger charge is 2.40. The number of hydrogen-bond donors (Lipinski definition) is 2. The minimum Gasteiger partial charge on any atom is -0.369 e. The molecule has 0 radical (unpaired) electrons. The minimum atomic E-state index is -4.78. The van der Waals surface area contributed by atoms with Crippen molar-refractivity contribution in [2.75, 3.05) is 5.32 Å². The number of halogens is 4. The van der Waals surface area contributed by atoms with Gasteiger partial charge in [0.1, 0.15) is 0 Å². The molecule has 9 nitrogen and oxygen atoms in total. The zero-order valence-corrected chi connectivity index (χ0v) is 15.6. The molecule has 1 unspecified atom stereocenters. The maximum absolute atomic E-state index is 13.7. The van der Waals surface area contributed by atoms with Gasteiger partial charge in [-0.05, 0) is 18.2 Å². The van der Waals surface area contributed by atoms with Gasteiger partial charge in [0, 0.05) is 6.20 Å². The fourth-order valence-corrected chi connectivity index (χ4v) is 2.98. The van der Waals surface area contributed by atoms with E-state index in [0.29, 0.717) is 4.68 Å². The molecule has 0 amide bonds. The summed E-state index contributed by atoms with van der Waals surface area (Å²) in [6.45, 7) is 0. The second kappa shape index (κ2) is 7.72. The molecule has 30 heavy (non-hydrogen) atoms. The summed E-state index contributed by atoms with van der Waals surface area (Å²) in [6.07, 6.45) is 1.24. The van der Waals surface area contributed by atoms with Crippen molar-refractivity contribution in [3.05, 3.63) is 71.7 Å². The fraction of sp³-hybridized carbons (Fsp3) is 0.118. The van der Waals surface area contributed by atoms with Gasteiger partial charge in [-0.2, -0.15) is 28.5 Å². The van der Waals surface area contributed by atoms with Crippen LogP contribution in [0.3, 0.4) is 0 Å². The first-order chi connectivity index (χ1) is 14.3. The quantitative estimate of drug-likeness (QED) is 0.463. The van der Waals surface area contributed by atoms with Crippen LogP contribution in [-0.4, -0.2) is 39.8 Å². The van der Waals surface area contributed by atoms with Crippen LogP contribution in [0.25, 0.3) is 11.5 Å². The maximum atomic E-state index is 13.7. The van der Waals surface area contributed by atoms with Crippen molar-refractivity contribution in [1.82, 2.24) is 34.7 Å². The number of aliphatic hydroxyl groups is 1. The molecule has 2 N–H and O–H groups in total. The summed E-state index contributed by atoms with van der Waals surface area (Å²) in [6, 6.07) is 4.29. The number of aliphatic hydroxyl groups excluding tert-OH is 1. The van der Waals surface area contributed by atoms with Gasteiger partial charge in [0.25, 0.3) is 0 Å². The number of nitrogens with one attached hydrogen (secondary N) is 1. The lowest BCUT2D eigenvalue weighted by Gasteiger charge is -2.17. The van der Waals surface area contributed by atoms with E-state index in [9.17, 15) is 18.3 Å². The van der Waals surface area contributed by atoms with Crippen LogP contribution >= 0.6 is 11.6 Å². The van der Waals surface area contributed by atoms with Crippen molar-refractivity contribution in [2.45, 2.75) is 12.4 Å². The average molecular weight is 437 g/mol. The molecule has 4 heterocycles. The van der Waals surface area contributed by atoms with Crippen LogP contribution in [0, 0.1) is 0 Å². The fourth-order valence-electron chi connectivity index (χ4n) is 2.74. The molecule has 13 heteroatoms. The number of pyridine rings is 2. The van der Waals surface area contributed by atoms with E-state index in [1.165, 1.54) is 54.0 Å². The molecule has 4 rings (SSSR count). The van der Waals surface area contributed by atoms with Crippen LogP contribution in [0.1, 0.15) is 17.5 Å². The van der Waals surface area contributed by atoms with Gasteiger partial charge in [-0.25, -0.2) is 9.67 Å². The normalized spacial score (nSPS) is 12.7. The second-order valence-electron chi connectivity index (χ2n) is 5.96. The lowest BCUT2D eigenvalue weighted by molar-refractivity contribution is -0.144. The number of anilines is 1. The molecule has 0 saturated heterocycles. The van der Waals surface area contributed by atoms with Crippen LogP contribution in [0.15, 0.2) is 55.4 Å². The third kappa shape index (κ3) is 3.82. The van der Waals surface area contributed by atoms with Gasteiger partial charge in [0.05, 0.1) is 52.9 Å². The Morgan fingerprint density at radius 2 is 1.83 bits per heavy atom. The van der Waals surface area contributed by atoms with E-state index in [2.05, 4.69) is 30.6 Å². The van der Waals surface area contributed by atoms with Crippen LogP contribution < -0.4 is 5.32 Å². The van der Waals surface area contributed by atoms with Gasteiger partial charge in [0.15, 0.2) is 17.7 Å². The molecule has 1 atom stereocenters. The van der Waals surface area contributed by atoms with Gasteiger partial charge in [0.2, 0.25) is 0 Å². The minimum absolute atomic E-state index is 0.101. The van der Waals surface area contributed by atoms with Crippen LogP contribution in [0.5, 0.6) is 0 Å². The predicted octanol–water partition coefficient (Wildman–Crippen LogP) is 3.02. The Kier molecular flexibility index (Phi) is 5.10. The summed E-state index contributed by atoms with van der Waals surface area (Å²) in [7, 11) is 0. The van der Waals surface area contributed by atoms with Crippen molar-refractivity contribution in [3.8, 4) is 11.5 Å². The Morgan fingerprint density at radius 3 is 2.47 bits per heavy atom. The van der Waals surface area contributed by atoms with Crippen molar-refractivity contribution in [3.63, 3.8) is 0 Å². The summed E-state index contributed by atoms with van der Waals surface area (Å²) in [5, 5.41) is 24.7. The summed E-state index contributed by atoms with van der Waals surface area (Å²) in [5.74, 6) is 0.224. The van der Waals surface area contributed by atoms with Crippen molar-refractivity contribution in [1.29, 1.82) is 0 Å². The van der Waals surface area contributed by atoms with Gasteiger partial charge in [-0.3, -0.25) is 4.98 Å². The zero-order chi connectivity index (χ0) is 21.3. The Balaban J connectivity index is 1.65. The highest BCUT2D eigenvalue weighted by molar-refractivity contribution is 6.32. The number of aromatic nitrogens is 7. The lowest BCUT2D eigenvalue weighted by atomic mass is 10.2. The molecule has 0 bridgehead atoms. The topological polar surface area (TPSA) is 107 Å². The first kappa shape index (κ1) is 19.8. The van der Waals surface area contributed by atoms with E-state index in [-0.39, 0.29) is 22.2 Å². The van der Waals surface area contributed by atoms with Gasteiger partial charge >= 0.3 is 6.18 Å².